The minimum Gasteiger partial charge on any atom is -0.469 e. The first kappa shape index (κ1) is 16.6. The van der Waals surface area contributed by atoms with Crippen LogP contribution in [-0.4, -0.2) is 33.7 Å². The summed E-state index contributed by atoms with van der Waals surface area (Å²) in [6.07, 6.45) is -1.30. The van der Waals surface area contributed by atoms with Crippen molar-refractivity contribution in [1.29, 1.82) is 0 Å². The normalized spacial score (nSPS) is 16.6. The van der Waals surface area contributed by atoms with Crippen LogP contribution < -0.4 is 0 Å². The maximum absolute atomic E-state index is 12.7. The van der Waals surface area contributed by atoms with Crippen LogP contribution in [0.5, 0.6) is 0 Å². The van der Waals surface area contributed by atoms with Crippen molar-refractivity contribution in [3.63, 3.8) is 0 Å². The van der Waals surface area contributed by atoms with E-state index in [9.17, 15) is 18.0 Å². The highest BCUT2D eigenvalue weighted by Gasteiger charge is 2.35. The second kappa shape index (κ2) is 6.33. The van der Waals surface area contributed by atoms with Crippen LogP contribution in [0, 0.1) is 6.92 Å². The monoisotopic (exact) mass is 341 g/mol. The topological polar surface area (TPSA) is 51.3 Å². The number of amides is 1. The van der Waals surface area contributed by atoms with Gasteiger partial charge in [0.15, 0.2) is 5.69 Å². The smallest absolute Gasteiger partial charge is 0.435 e. The van der Waals surface area contributed by atoms with Gasteiger partial charge in [0, 0.05) is 24.7 Å². The fourth-order valence-electron chi connectivity index (χ4n) is 2.97. The number of alkyl halides is 3. The number of halogens is 3. The molecule has 130 valence electrons. The SMILES string of the molecule is Cc1cc(C(F)(F)F)nn1CC(=O)N1CCC(c2ccco2)CC1. The summed E-state index contributed by atoms with van der Waals surface area (Å²) < 4.78 is 44.5. The molecule has 0 saturated carbocycles. The van der Waals surface area contributed by atoms with Crippen molar-refractivity contribution in [3.8, 4) is 0 Å². The number of hydrogen-bond acceptors (Lipinski definition) is 3. The lowest BCUT2D eigenvalue weighted by Gasteiger charge is -2.31. The second-order valence-corrected chi connectivity index (χ2v) is 6.00. The number of aryl methyl sites for hydroxylation is 1. The Labute approximate surface area is 137 Å². The number of carbonyl (C=O) groups excluding carboxylic acids is 1. The molecular formula is C16H18F3N3O2. The van der Waals surface area contributed by atoms with Gasteiger partial charge in [-0.05, 0) is 38.0 Å². The van der Waals surface area contributed by atoms with E-state index in [2.05, 4.69) is 5.10 Å². The Morgan fingerprint density at radius 2 is 2.08 bits per heavy atom. The highest BCUT2D eigenvalue weighted by atomic mass is 19.4. The third-order valence-corrected chi connectivity index (χ3v) is 4.35. The van der Waals surface area contributed by atoms with Crippen LogP contribution in [0.25, 0.3) is 0 Å². The molecule has 0 bridgehead atoms. The molecule has 2 aromatic heterocycles. The summed E-state index contributed by atoms with van der Waals surface area (Å²) >= 11 is 0. The highest BCUT2D eigenvalue weighted by Crippen LogP contribution is 2.29. The van der Waals surface area contributed by atoms with Crippen LogP contribution in [0.15, 0.2) is 28.9 Å². The Morgan fingerprint density at radius 1 is 1.38 bits per heavy atom. The number of piperidine rings is 1. The van der Waals surface area contributed by atoms with Gasteiger partial charge in [-0.3, -0.25) is 9.48 Å². The molecule has 5 nitrogen and oxygen atoms in total. The quantitative estimate of drug-likeness (QED) is 0.861. The van der Waals surface area contributed by atoms with E-state index < -0.39 is 11.9 Å². The zero-order valence-electron chi connectivity index (χ0n) is 13.2. The van der Waals surface area contributed by atoms with Gasteiger partial charge in [0.05, 0.1) is 6.26 Å². The van der Waals surface area contributed by atoms with Crippen molar-refractivity contribution in [2.45, 2.75) is 38.4 Å². The molecule has 1 aliphatic rings. The number of aromatic nitrogens is 2. The molecule has 2 aromatic rings. The lowest BCUT2D eigenvalue weighted by atomic mass is 9.94. The highest BCUT2D eigenvalue weighted by molar-refractivity contribution is 5.76. The summed E-state index contributed by atoms with van der Waals surface area (Å²) in [5.41, 5.74) is -0.648. The van der Waals surface area contributed by atoms with E-state index in [1.807, 2.05) is 12.1 Å². The van der Waals surface area contributed by atoms with Gasteiger partial charge in [-0.15, -0.1) is 0 Å². The number of carbonyl (C=O) groups is 1. The molecular weight excluding hydrogens is 323 g/mol. The lowest BCUT2D eigenvalue weighted by Crippen LogP contribution is -2.40. The van der Waals surface area contributed by atoms with Crippen LogP contribution in [0.4, 0.5) is 13.2 Å². The average molecular weight is 341 g/mol. The van der Waals surface area contributed by atoms with Crippen molar-refractivity contribution in [2.24, 2.45) is 0 Å². The first-order valence-electron chi connectivity index (χ1n) is 7.77. The summed E-state index contributed by atoms with van der Waals surface area (Å²) in [5, 5.41) is 3.50. The molecule has 0 radical (unpaired) electrons. The Bertz CT molecular complexity index is 699. The van der Waals surface area contributed by atoms with Crippen LogP contribution in [0.3, 0.4) is 0 Å². The van der Waals surface area contributed by atoms with E-state index in [4.69, 9.17) is 4.42 Å². The molecule has 1 aliphatic heterocycles. The number of furan rings is 1. The average Bonchev–Trinajstić information content (AvgIpc) is 3.17. The van der Waals surface area contributed by atoms with E-state index in [1.165, 1.54) is 6.92 Å². The summed E-state index contributed by atoms with van der Waals surface area (Å²) in [7, 11) is 0. The molecule has 0 aromatic carbocycles. The zero-order chi connectivity index (χ0) is 17.3. The first-order valence-corrected chi connectivity index (χ1v) is 7.77. The molecule has 8 heteroatoms. The van der Waals surface area contributed by atoms with Crippen molar-refractivity contribution < 1.29 is 22.4 Å². The van der Waals surface area contributed by atoms with Crippen molar-refractivity contribution in [3.05, 3.63) is 41.6 Å². The predicted octanol–water partition coefficient (Wildman–Crippen LogP) is 3.21. The number of likely N-dealkylation sites (tertiary alicyclic amines) is 1. The van der Waals surface area contributed by atoms with Gasteiger partial charge in [-0.2, -0.15) is 18.3 Å². The predicted molar refractivity (Wildman–Crippen MR) is 79.2 cm³/mol. The summed E-state index contributed by atoms with van der Waals surface area (Å²) in [5.74, 6) is 0.986. The van der Waals surface area contributed by atoms with Gasteiger partial charge in [-0.25, -0.2) is 0 Å². The molecule has 1 fully saturated rings. The maximum Gasteiger partial charge on any atom is 0.435 e. The Hall–Kier alpha value is -2.25. The maximum atomic E-state index is 12.7. The Kier molecular flexibility index (Phi) is 4.38. The van der Waals surface area contributed by atoms with Gasteiger partial charge in [-0.1, -0.05) is 0 Å². The second-order valence-electron chi connectivity index (χ2n) is 6.00. The number of rotatable bonds is 3. The molecule has 24 heavy (non-hydrogen) atoms. The van der Waals surface area contributed by atoms with Gasteiger partial charge < -0.3 is 9.32 Å². The molecule has 0 spiro atoms. The molecule has 3 heterocycles. The fourth-order valence-corrected chi connectivity index (χ4v) is 2.97. The third kappa shape index (κ3) is 3.47. The molecule has 0 N–H and O–H groups in total. The van der Waals surface area contributed by atoms with Crippen molar-refractivity contribution in [1.82, 2.24) is 14.7 Å². The van der Waals surface area contributed by atoms with Crippen molar-refractivity contribution >= 4 is 5.91 Å². The lowest BCUT2D eigenvalue weighted by molar-refractivity contribution is -0.142. The minimum atomic E-state index is -4.50. The Balaban J connectivity index is 1.59. The third-order valence-electron chi connectivity index (χ3n) is 4.35. The van der Waals surface area contributed by atoms with Crippen LogP contribution in [0.2, 0.25) is 0 Å². The number of hydrogen-bond donors (Lipinski definition) is 0. The van der Waals surface area contributed by atoms with E-state index in [0.717, 1.165) is 29.4 Å². The van der Waals surface area contributed by atoms with Gasteiger partial charge in [0.2, 0.25) is 5.91 Å². The van der Waals surface area contributed by atoms with Crippen molar-refractivity contribution in [2.75, 3.05) is 13.1 Å². The van der Waals surface area contributed by atoms with Gasteiger partial charge >= 0.3 is 6.18 Å². The van der Waals surface area contributed by atoms with E-state index in [-0.39, 0.29) is 18.4 Å². The zero-order valence-corrected chi connectivity index (χ0v) is 13.2. The fraction of sp³-hybridized carbons (Fsp3) is 0.500. The first-order chi connectivity index (χ1) is 11.3. The Morgan fingerprint density at radius 3 is 2.62 bits per heavy atom. The molecule has 1 saturated heterocycles. The standard InChI is InChI=1S/C16H18F3N3O2/c1-11-9-14(16(17,18)19)20-22(11)10-15(23)21-6-4-12(5-7-21)13-3-2-8-24-13/h2-3,8-9,12H,4-7,10H2,1H3. The number of nitrogens with zero attached hydrogens (tertiary/aromatic N) is 3. The molecule has 0 aliphatic carbocycles. The van der Waals surface area contributed by atoms with Crippen LogP contribution in [0.1, 0.15) is 35.9 Å². The van der Waals surface area contributed by atoms with Gasteiger partial charge in [0.1, 0.15) is 12.3 Å². The van der Waals surface area contributed by atoms with Crippen LogP contribution in [-0.2, 0) is 17.5 Å². The molecule has 1 amide bonds. The largest absolute Gasteiger partial charge is 0.469 e. The van der Waals surface area contributed by atoms with E-state index in [1.54, 1.807) is 11.2 Å². The summed E-state index contributed by atoms with van der Waals surface area (Å²) in [6, 6.07) is 4.72. The van der Waals surface area contributed by atoms with E-state index >= 15 is 0 Å². The summed E-state index contributed by atoms with van der Waals surface area (Å²) in [4.78, 5) is 14.0. The van der Waals surface area contributed by atoms with Gasteiger partial charge in [0.25, 0.3) is 0 Å². The van der Waals surface area contributed by atoms with E-state index in [0.29, 0.717) is 18.8 Å². The molecule has 3 rings (SSSR count). The molecule has 0 atom stereocenters. The van der Waals surface area contributed by atoms with Crippen LogP contribution >= 0.6 is 0 Å². The minimum absolute atomic E-state index is 0.173. The summed E-state index contributed by atoms with van der Waals surface area (Å²) in [6.45, 7) is 2.47. The molecule has 0 unspecified atom stereocenters.